The topological polar surface area (TPSA) is 38.3 Å². The molecule has 3 atom stereocenters. The van der Waals surface area contributed by atoms with Gasteiger partial charge in [-0.2, -0.15) is 0 Å². The molecule has 0 spiro atoms. The summed E-state index contributed by atoms with van der Waals surface area (Å²) in [5.74, 6) is -0.334. The second-order valence-corrected chi connectivity index (χ2v) is 9.53. The fourth-order valence-electron chi connectivity index (χ4n) is 4.31. The molecule has 2 rings (SSSR count). The molecule has 28 heavy (non-hydrogen) atoms. The minimum Gasteiger partial charge on any atom is -0.466 e. The maximum Gasteiger partial charge on any atom is 0.306 e. The third-order valence-corrected chi connectivity index (χ3v) is 5.91. The standard InChI is InChI=1S/C23H35ClFNO2/c1-5-28-21(27)15-16-8-6-9-20(26-13-7-12-23(2,3)4)22(16)17-10-11-18(24)19(25)14-17/h10-11,14,16,20,22,26H,5-9,12-13,15H2,1-4H3/t16-,20-,22+/m1/s1. The molecule has 0 aromatic heterocycles. The quantitative estimate of drug-likeness (QED) is 0.414. The van der Waals surface area contributed by atoms with E-state index in [9.17, 15) is 9.18 Å². The molecular formula is C23H35ClFNO2. The Morgan fingerprint density at radius 3 is 2.71 bits per heavy atom. The summed E-state index contributed by atoms with van der Waals surface area (Å²) >= 11 is 5.90. The highest BCUT2D eigenvalue weighted by Crippen LogP contribution is 2.41. The van der Waals surface area contributed by atoms with Gasteiger partial charge in [0.1, 0.15) is 5.82 Å². The first-order valence-corrected chi connectivity index (χ1v) is 10.9. The number of benzene rings is 1. The van der Waals surface area contributed by atoms with Crippen LogP contribution in [0.1, 0.15) is 77.7 Å². The molecule has 0 aliphatic heterocycles. The Hall–Kier alpha value is -1.13. The van der Waals surface area contributed by atoms with Gasteiger partial charge in [-0.05, 0) is 68.2 Å². The molecule has 1 aliphatic rings. The van der Waals surface area contributed by atoms with Crippen LogP contribution in [0.2, 0.25) is 5.02 Å². The van der Waals surface area contributed by atoms with Crippen molar-refractivity contribution in [2.45, 2.75) is 78.2 Å². The van der Waals surface area contributed by atoms with Gasteiger partial charge in [-0.25, -0.2) is 4.39 Å². The molecule has 1 N–H and O–H groups in total. The summed E-state index contributed by atoms with van der Waals surface area (Å²) < 4.78 is 19.4. The molecule has 1 aliphatic carbocycles. The van der Waals surface area contributed by atoms with E-state index in [1.165, 1.54) is 0 Å². The number of ether oxygens (including phenoxy) is 1. The molecule has 0 saturated heterocycles. The van der Waals surface area contributed by atoms with Crippen molar-refractivity contribution in [1.82, 2.24) is 5.32 Å². The van der Waals surface area contributed by atoms with Crippen LogP contribution in [0.5, 0.6) is 0 Å². The number of nitrogens with one attached hydrogen (secondary N) is 1. The molecule has 1 aromatic rings. The number of carbonyl (C=O) groups excluding carboxylic acids is 1. The van der Waals surface area contributed by atoms with Crippen LogP contribution in [-0.4, -0.2) is 25.2 Å². The number of rotatable bonds is 8. The lowest BCUT2D eigenvalue weighted by atomic mass is 9.71. The molecule has 0 heterocycles. The third kappa shape index (κ3) is 7.04. The monoisotopic (exact) mass is 411 g/mol. The van der Waals surface area contributed by atoms with E-state index in [0.717, 1.165) is 44.2 Å². The van der Waals surface area contributed by atoms with Crippen LogP contribution in [-0.2, 0) is 9.53 Å². The maximum absolute atomic E-state index is 14.2. The summed E-state index contributed by atoms with van der Waals surface area (Å²) in [5.41, 5.74) is 1.24. The van der Waals surface area contributed by atoms with E-state index in [1.54, 1.807) is 12.1 Å². The van der Waals surface area contributed by atoms with Crippen molar-refractivity contribution in [3.8, 4) is 0 Å². The van der Waals surface area contributed by atoms with Crippen molar-refractivity contribution in [1.29, 1.82) is 0 Å². The summed E-state index contributed by atoms with van der Waals surface area (Å²) in [6.07, 6.45) is 5.68. The van der Waals surface area contributed by atoms with E-state index in [2.05, 4.69) is 26.1 Å². The zero-order chi connectivity index (χ0) is 20.7. The van der Waals surface area contributed by atoms with E-state index in [0.29, 0.717) is 18.4 Å². The molecule has 3 nitrogen and oxygen atoms in total. The van der Waals surface area contributed by atoms with Gasteiger partial charge < -0.3 is 10.1 Å². The van der Waals surface area contributed by atoms with Crippen molar-refractivity contribution in [2.24, 2.45) is 11.3 Å². The van der Waals surface area contributed by atoms with Gasteiger partial charge in [0.2, 0.25) is 0 Å². The van der Waals surface area contributed by atoms with E-state index in [4.69, 9.17) is 16.3 Å². The average Bonchev–Trinajstić information content (AvgIpc) is 2.61. The van der Waals surface area contributed by atoms with Crippen molar-refractivity contribution in [3.05, 3.63) is 34.6 Å². The van der Waals surface area contributed by atoms with Gasteiger partial charge in [0, 0.05) is 18.4 Å². The Kier molecular flexibility index (Phi) is 8.76. The molecule has 1 saturated carbocycles. The van der Waals surface area contributed by atoms with Gasteiger partial charge in [-0.1, -0.05) is 44.9 Å². The van der Waals surface area contributed by atoms with Crippen molar-refractivity contribution >= 4 is 17.6 Å². The summed E-state index contributed by atoms with van der Waals surface area (Å²) in [4.78, 5) is 12.1. The smallest absolute Gasteiger partial charge is 0.306 e. The summed E-state index contributed by atoms with van der Waals surface area (Å²) in [7, 11) is 0. The van der Waals surface area contributed by atoms with E-state index in [-0.39, 0.29) is 28.9 Å². The zero-order valence-corrected chi connectivity index (χ0v) is 18.4. The Balaban J connectivity index is 2.15. The predicted octanol–water partition coefficient (Wildman–Crippen LogP) is 6.10. The predicted molar refractivity (Wildman–Crippen MR) is 113 cm³/mol. The molecule has 0 bridgehead atoms. The minimum atomic E-state index is -0.397. The van der Waals surface area contributed by atoms with Crippen molar-refractivity contribution in [3.63, 3.8) is 0 Å². The van der Waals surface area contributed by atoms with Gasteiger partial charge in [0.15, 0.2) is 0 Å². The van der Waals surface area contributed by atoms with Crippen LogP contribution < -0.4 is 5.32 Å². The second kappa shape index (κ2) is 10.6. The van der Waals surface area contributed by atoms with Crippen LogP contribution >= 0.6 is 11.6 Å². The van der Waals surface area contributed by atoms with E-state index < -0.39 is 5.82 Å². The third-order valence-electron chi connectivity index (χ3n) is 5.60. The Morgan fingerprint density at radius 2 is 2.07 bits per heavy atom. The first-order valence-electron chi connectivity index (χ1n) is 10.5. The minimum absolute atomic E-state index is 0.0829. The highest BCUT2D eigenvalue weighted by atomic mass is 35.5. The van der Waals surface area contributed by atoms with Gasteiger partial charge >= 0.3 is 5.97 Å². The normalized spacial score (nSPS) is 22.9. The fraction of sp³-hybridized carbons (Fsp3) is 0.696. The maximum atomic E-state index is 14.2. The highest BCUT2D eigenvalue weighted by molar-refractivity contribution is 6.30. The Morgan fingerprint density at radius 1 is 1.32 bits per heavy atom. The number of esters is 1. The van der Waals surface area contributed by atoms with E-state index in [1.807, 2.05) is 13.0 Å². The van der Waals surface area contributed by atoms with Crippen LogP contribution in [0.25, 0.3) is 0 Å². The highest BCUT2D eigenvalue weighted by Gasteiger charge is 2.36. The number of hydrogen-bond acceptors (Lipinski definition) is 3. The lowest BCUT2D eigenvalue weighted by Crippen LogP contribution is -2.42. The van der Waals surface area contributed by atoms with Crippen LogP contribution in [0.4, 0.5) is 4.39 Å². The summed E-state index contributed by atoms with van der Waals surface area (Å²) in [6, 6.07) is 5.30. The van der Waals surface area contributed by atoms with Gasteiger partial charge in [-0.3, -0.25) is 4.79 Å². The molecule has 0 unspecified atom stereocenters. The SMILES string of the molecule is CCOC(=O)C[C@H]1CCC[C@@H](NCCCC(C)(C)C)[C@@H]1c1ccc(Cl)c(F)c1. The largest absolute Gasteiger partial charge is 0.466 e. The zero-order valence-electron chi connectivity index (χ0n) is 17.7. The van der Waals surface area contributed by atoms with Crippen molar-refractivity contribution < 1.29 is 13.9 Å². The van der Waals surface area contributed by atoms with Crippen LogP contribution in [0, 0.1) is 17.2 Å². The molecule has 0 amide bonds. The van der Waals surface area contributed by atoms with Crippen LogP contribution in [0.3, 0.4) is 0 Å². The first-order chi connectivity index (χ1) is 13.2. The first kappa shape index (κ1) is 23.2. The Bertz CT molecular complexity index is 644. The van der Waals surface area contributed by atoms with Gasteiger partial charge in [0.05, 0.1) is 11.6 Å². The van der Waals surface area contributed by atoms with Crippen LogP contribution in [0.15, 0.2) is 18.2 Å². The number of carbonyl (C=O) groups is 1. The molecule has 1 aromatic carbocycles. The second-order valence-electron chi connectivity index (χ2n) is 9.12. The molecule has 1 fully saturated rings. The average molecular weight is 412 g/mol. The lowest BCUT2D eigenvalue weighted by Gasteiger charge is -2.39. The molecular weight excluding hydrogens is 377 g/mol. The fourth-order valence-corrected chi connectivity index (χ4v) is 4.43. The number of halogens is 2. The lowest BCUT2D eigenvalue weighted by molar-refractivity contribution is -0.144. The van der Waals surface area contributed by atoms with Crippen molar-refractivity contribution in [2.75, 3.05) is 13.2 Å². The Labute approximate surface area is 174 Å². The van der Waals surface area contributed by atoms with E-state index >= 15 is 0 Å². The number of hydrogen-bond donors (Lipinski definition) is 1. The molecule has 5 heteroatoms. The molecule has 0 radical (unpaired) electrons. The van der Waals surface area contributed by atoms with Gasteiger partial charge in [0.25, 0.3) is 0 Å². The summed E-state index contributed by atoms with van der Waals surface area (Å²) in [6.45, 7) is 9.90. The molecule has 158 valence electrons. The summed E-state index contributed by atoms with van der Waals surface area (Å²) in [5, 5.41) is 3.84. The van der Waals surface area contributed by atoms with Gasteiger partial charge in [-0.15, -0.1) is 0 Å².